The average Bonchev–Trinajstić information content (AvgIpc) is 3.30. The number of carbonyl (C=O) groups is 2. The molecule has 2 aromatic carbocycles. The molecule has 0 saturated carbocycles. The van der Waals surface area contributed by atoms with Crippen LogP contribution in [-0.2, 0) is 4.79 Å². The van der Waals surface area contributed by atoms with Crippen LogP contribution in [-0.4, -0.2) is 42.8 Å². The normalized spacial score (nSPS) is 14.1. The van der Waals surface area contributed by atoms with Crippen LogP contribution in [0.2, 0.25) is 0 Å². The second kappa shape index (κ2) is 7.68. The number of hydrogen-bond donors (Lipinski definition) is 0. The third-order valence-corrected chi connectivity index (χ3v) is 4.97. The number of nitro groups is 1. The van der Waals surface area contributed by atoms with Crippen molar-refractivity contribution in [3.05, 3.63) is 76.5 Å². The van der Waals surface area contributed by atoms with E-state index >= 15 is 0 Å². The van der Waals surface area contributed by atoms with E-state index in [-0.39, 0.29) is 17.3 Å². The fraction of sp³-hybridized carbons (Fsp3) is 0.0526. The topological polar surface area (TPSA) is 111 Å². The van der Waals surface area contributed by atoms with Gasteiger partial charge in [-0.15, -0.1) is 0 Å². The van der Waals surface area contributed by atoms with E-state index in [1.165, 1.54) is 18.3 Å². The molecule has 0 aliphatic carbocycles. The van der Waals surface area contributed by atoms with Gasteiger partial charge in [0.15, 0.2) is 0 Å². The number of carbonyl (C=O) groups excluding carboxylic acids is 2. The van der Waals surface area contributed by atoms with E-state index in [2.05, 4.69) is 10.2 Å². The van der Waals surface area contributed by atoms with Gasteiger partial charge in [0.1, 0.15) is 5.69 Å². The molecule has 1 fully saturated rings. The highest BCUT2D eigenvalue weighted by atomic mass is 32.2. The number of nitrogens with zero attached hydrogens (tertiary/aromatic N) is 5. The molecule has 1 aliphatic rings. The van der Waals surface area contributed by atoms with Crippen LogP contribution < -0.4 is 0 Å². The molecule has 0 N–H and O–H groups in total. The van der Waals surface area contributed by atoms with Crippen molar-refractivity contribution in [1.29, 1.82) is 0 Å². The lowest BCUT2D eigenvalue weighted by Crippen LogP contribution is -2.22. The van der Waals surface area contributed by atoms with Gasteiger partial charge in [-0.05, 0) is 24.3 Å². The predicted octanol–water partition coefficient (Wildman–Crippen LogP) is 3.48. The molecule has 2 heterocycles. The smallest absolute Gasteiger partial charge is 0.271 e. The van der Waals surface area contributed by atoms with Crippen molar-refractivity contribution in [3.63, 3.8) is 0 Å². The van der Waals surface area contributed by atoms with Crippen LogP contribution in [0.25, 0.3) is 16.9 Å². The molecular formula is C19H13N5O4S. The molecule has 1 aliphatic heterocycles. The molecule has 0 bridgehead atoms. The Kier molecular flexibility index (Phi) is 4.92. The molecule has 10 heteroatoms. The van der Waals surface area contributed by atoms with E-state index in [4.69, 9.17) is 0 Å². The Labute approximate surface area is 168 Å². The highest BCUT2D eigenvalue weighted by molar-refractivity contribution is 8.14. The van der Waals surface area contributed by atoms with E-state index < -0.39 is 10.2 Å². The summed E-state index contributed by atoms with van der Waals surface area (Å²) in [7, 11) is 0. The first-order chi connectivity index (χ1) is 14.0. The second-order valence-corrected chi connectivity index (χ2v) is 6.95. The van der Waals surface area contributed by atoms with Crippen LogP contribution in [0.3, 0.4) is 0 Å². The Hall–Kier alpha value is -3.79. The minimum Gasteiger partial charge on any atom is -0.271 e. The maximum absolute atomic E-state index is 11.8. The average molecular weight is 407 g/mol. The molecule has 29 heavy (non-hydrogen) atoms. The minimum absolute atomic E-state index is 0.0308. The molecule has 3 aromatic rings. The van der Waals surface area contributed by atoms with E-state index in [9.17, 15) is 19.7 Å². The Morgan fingerprint density at radius 2 is 1.83 bits per heavy atom. The highest BCUT2D eigenvalue weighted by Crippen LogP contribution is 2.26. The molecule has 2 amide bonds. The molecule has 1 saturated heterocycles. The van der Waals surface area contributed by atoms with Gasteiger partial charge >= 0.3 is 5.24 Å². The number of nitro benzene ring substituents is 1. The highest BCUT2D eigenvalue weighted by Gasteiger charge is 2.29. The summed E-state index contributed by atoms with van der Waals surface area (Å²) in [6.45, 7) is 0. The maximum Gasteiger partial charge on any atom is 0.309 e. The van der Waals surface area contributed by atoms with E-state index in [0.717, 1.165) is 22.5 Å². The van der Waals surface area contributed by atoms with E-state index in [1.54, 1.807) is 23.0 Å². The quantitative estimate of drug-likeness (QED) is 0.364. The van der Waals surface area contributed by atoms with Gasteiger partial charge in [-0.1, -0.05) is 30.0 Å². The summed E-state index contributed by atoms with van der Waals surface area (Å²) in [5.74, 6) is -0.321. The fourth-order valence-electron chi connectivity index (χ4n) is 2.74. The van der Waals surface area contributed by atoms with Crippen LogP contribution in [0.1, 0.15) is 5.56 Å². The summed E-state index contributed by atoms with van der Waals surface area (Å²) in [6, 6.07) is 15.3. The molecular weight excluding hydrogens is 394 g/mol. The summed E-state index contributed by atoms with van der Waals surface area (Å²) in [5, 5.41) is 19.9. The van der Waals surface area contributed by atoms with Crippen LogP contribution in [0.5, 0.6) is 0 Å². The molecule has 0 spiro atoms. The standard InChI is InChI=1S/C19H13N5O4S/c25-17-12-29-19(26)23(17)20-10-14-11-22(15-4-2-1-3-5-15)21-18(14)13-6-8-16(9-7-13)24(27)28/h1-11H,12H2/b20-10+. The molecule has 9 nitrogen and oxygen atoms in total. The lowest BCUT2D eigenvalue weighted by Gasteiger charge is -2.04. The first-order valence-electron chi connectivity index (χ1n) is 8.46. The Morgan fingerprint density at radius 1 is 1.10 bits per heavy atom. The number of aromatic nitrogens is 2. The first kappa shape index (κ1) is 18.6. The number of para-hydroxylation sites is 1. The first-order valence-corrected chi connectivity index (χ1v) is 9.45. The maximum atomic E-state index is 11.8. The summed E-state index contributed by atoms with van der Waals surface area (Å²) in [4.78, 5) is 34.0. The molecule has 0 unspecified atom stereocenters. The molecule has 0 radical (unpaired) electrons. The van der Waals surface area contributed by atoms with Crippen LogP contribution >= 0.6 is 11.8 Å². The largest absolute Gasteiger partial charge is 0.309 e. The predicted molar refractivity (Wildman–Crippen MR) is 108 cm³/mol. The number of imide groups is 1. The Balaban J connectivity index is 1.76. The number of hydrogen-bond acceptors (Lipinski definition) is 7. The van der Waals surface area contributed by atoms with Crippen molar-refractivity contribution in [2.24, 2.45) is 5.10 Å². The summed E-state index contributed by atoms with van der Waals surface area (Å²) < 4.78 is 1.64. The van der Waals surface area contributed by atoms with Crippen molar-refractivity contribution in [1.82, 2.24) is 14.8 Å². The van der Waals surface area contributed by atoms with Crippen molar-refractivity contribution < 1.29 is 14.5 Å². The van der Waals surface area contributed by atoms with Crippen LogP contribution in [0.15, 0.2) is 65.9 Å². The monoisotopic (exact) mass is 407 g/mol. The zero-order chi connectivity index (χ0) is 20.4. The second-order valence-electron chi connectivity index (χ2n) is 6.02. The molecule has 4 rings (SSSR count). The number of amides is 2. The third kappa shape index (κ3) is 3.78. The van der Waals surface area contributed by atoms with Crippen molar-refractivity contribution in [2.75, 3.05) is 5.75 Å². The Bertz CT molecular complexity index is 1110. The van der Waals surface area contributed by atoms with Gasteiger partial charge in [0.05, 0.1) is 22.6 Å². The SMILES string of the molecule is O=C1CSC(=O)N1/N=C/c1cn(-c2ccccc2)nc1-c1ccc([N+](=O)[O-])cc1. The molecule has 144 valence electrons. The zero-order valence-corrected chi connectivity index (χ0v) is 15.7. The van der Waals surface area contributed by atoms with E-state index in [0.29, 0.717) is 16.8 Å². The minimum atomic E-state index is -0.475. The van der Waals surface area contributed by atoms with Gasteiger partial charge in [0, 0.05) is 29.5 Å². The lowest BCUT2D eigenvalue weighted by molar-refractivity contribution is -0.384. The summed E-state index contributed by atoms with van der Waals surface area (Å²) in [6.07, 6.45) is 3.11. The molecule has 1 aromatic heterocycles. The van der Waals surface area contributed by atoms with Crippen molar-refractivity contribution >= 4 is 34.8 Å². The van der Waals surface area contributed by atoms with Gasteiger partial charge in [-0.3, -0.25) is 19.7 Å². The summed E-state index contributed by atoms with van der Waals surface area (Å²) in [5.41, 5.74) is 2.48. The Morgan fingerprint density at radius 3 is 2.45 bits per heavy atom. The van der Waals surface area contributed by atoms with Crippen LogP contribution in [0, 0.1) is 10.1 Å². The number of non-ortho nitro benzene ring substituents is 1. The zero-order valence-electron chi connectivity index (χ0n) is 14.8. The molecule has 0 atom stereocenters. The van der Waals surface area contributed by atoms with Gasteiger partial charge < -0.3 is 0 Å². The number of rotatable bonds is 5. The van der Waals surface area contributed by atoms with Gasteiger partial charge in [0.25, 0.3) is 11.6 Å². The van der Waals surface area contributed by atoms with Gasteiger partial charge in [-0.2, -0.15) is 15.2 Å². The number of thioether (sulfide) groups is 1. The lowest BCUT2D eigenvalue weighted by atomic mass is 10.1. The number of hydrazone groups is 1. The number of benzene rings is 2. The van der Waals surface area contributed by atoms with Gasteiger partial charge in [0.2, 0.25) is 0 Å². The van der Waals surface area contributed by atoms with Crippen LogP contribution in [0.4, 0.5) is 10.5 Å². The fourth-order valence-corrected chi connectivity index (χ4v) is 3.38. The van der Waals surface area contributed by atoms with E-state index in [1.807, 2.05) is 30.3 Å². The van der Waals surface area contributed by atoms with Gasteiger partial charge in [-0.25, -0.2) is 4.68 Å². The summed E-state index contributed by atoms with van der Waals surface area (Å²) >= 11 is 0.895. The van der Waals surface area contributed by atoms with Crippen molar-refractivity contribution in [2.45, 2.75) is 0 Å². The van der Waals surface area contributed by atoms with Crippen molar-refractivity contribution in [3.8, 4) is 16.9 Å². The third-order valence-electron chi connectivity index (χ3n) is 4.16.